The Hall–Kier alpha value is -0.510. The van der Waals surface area contributed by atoms with Crippen LogP contribution in [0.5, 0.6) is 5.75 Å². The predicted octanol–water partition coefficient (Wildman–Crippen LogP) is 3.52. The fourth-order valence-electron chi connectivity index (χ4n) is 1.35. The summed E-state index contributed by atoms with van der Waals surface area (Å²) in [4.78, 5) is 8.59. The van der Waals surface area contributed by atoms with E-state index in [-0.39, 0.29) is 11.5 Å². The Balaban J connectivity index is 2.78. The van der Waals surface area contributed by atoms with Gasteiger partial charge < -0.3 is 9.05 Å². The molecule has 1 unspecified atom stereocenters. The van der Waals surface area contributed by atoms with Gasteiger partial charge in [0.25, 0.3) is 0 Å². The maximum atomic E-state index is 5.66. The van der Waals surface area contributed by atoms with Crippen molar-refractivity contribution < 1.29 is 9.05 Å². The zero-order valence-corrected chi connectivity index (χ0v) is 13.5. The van der Waals surface area contributed by atoms with E-state index in [9.17, 15) is 0 Å². The lowest BCUT2D eigenvalue weighted by Gasteiger charge is -2.21. The molecule has 4 nitrogen and oxygen atoms in total. The first kappa shape index (κ1) is 15.5. The molecule has 1 rings (SSSR count). The molecular formula is C12H21N2O2PS. The Kier molecular flexibility index (Phi) is 4.87. The van der Waals surface area contributed by atoms with Crippen LogP contribution < -0.4 is 4.52 Å². The van der Waals surface area contributed by atoms with Crippen LogP contribution in [-0.2, 0) is 21.7 Å². The molecule has 1 atom stereocenters. The van der Waals surface area contributed by atoms with Crippen molar-refractivity contribution in [2.24, 2.45) is 0 Å². The van der Waals surface area contributed by atoms with Crippen LogP contribution in [0.15, 0.2) is 12.4 Å². The normalized spacial score (nSPS) is 15.5. The zero-order valence-electron chi connectivity index (χ0n) is 11.8. The highest BCUT2D eigenvalue weighted by Crippen LogP contribution is 2.45. The van der Waals surface area contributed by atoms with E-state index in [2.05, 4.69) is 30.7 Å². The van der Waals surface area contributed by atoms with E-state index >= 15 is 0 Å². The van der Waals surface area contributed by atoms with Gasteiger partial charge >= 0.3 is 0 Å². The third kappa shape index (κ3) is 5.01. The maximum absolute atomic E-state index is 5.66. The largest absolute Gasteiger partial charge is 0.440 e. The number of nitrogens with zero attached hydrogens (tertiary/aromatic N) is 2. The fraction of sp³-hybridized carbons (Fsp3) is 0.667. The molecule has 0 spiro atoms. The molecule has 0 aromatic carbocycles. The van der Waals surface area contributed by atoms with Crippen molar-refractivity contribution >= 4 is 18.3 Å². The molecular weight excluding hydrogens is 267 g/mol. The van der Waals surface area contributed by atoms with Crippen LogP contribution in [0.4, 0.5) is 0 Å². The number of aromatic nitrogens is 2. The smallest absolute Gasteiger partial charge is 0.235 e. The minimum absolute atomic E-state index is 0.0515. The lowest BCUT2D eigenvalue weighted by atomic mass is 9.96. The average molecular weight is 288 g/mol. The molecule has 1 heterocycles. The average Bonchev–Trinajstić information content (AvgIpc) is 2.13. The summed E-state index contributed by atoms with van der Waals surface area (Å²) in [7, 11) is 0. The van der Waals surface area contributed by atoms with Gasteiger partial charge in [-0.05, 0) is 25.7 Å². The molecule has 0 bridgehead atoms. The molecule has 0 radical (unpaired) electrons. The summed E-state index contributed by atoms with van der Waals surface area (Å²) in [5.74, 6) is 1.35. The van der Waals surface area contributed by atoms with Crippen molar-refractivity contribution in [2.45, 2.75) is 46.1 Å². The first-order chi connectivity index (χ1) is 8.10. The third-order valence-corrected chi connectivity index (χ3v) is 3.80. The Labute approximate surface area is 114 Å². The standard InChI is InChI=1S/C12H21N2O2PS/c1-9(2)15-17(6,18)16-10-7-13-11(14-8-10)12(3,4)5/h7-9H,1-6H3. The fourth-order valence-corrected chi connectivity index (χ4v) is 3.41. The molecule has 102 valence electrons. The second kappa shape index (κ2) is 5.64. The first-order valence-corrected chi connectivity index (χ1v) is 8.97. The molecule has 1 aromatic heterocycles. The molecule has 0 fully saturated rings. The second-order valence-electron chi connectivity index (χ2n) is 5.51. The van der Waals surface area contributed by atoms with Gasteiger partial charge in [-0.1, -0.05) is 20.8 Å². The van der Waals surface area contributed by atoms with Gasteiger partial charge in [0, 0.05) is 12.1 Å². The van der Waals surface area contributed by atoms with E-state index < -0.39 is 6.49 Å². The molecule has 0 aliphatic carbocycles. The van der Waals surface area contributed by atoms with Crippen LogP contribution >= 0.6 is 6.49 Å². The summed E-state index contributed by atoms with van der Waals surface area (Å²) >= 11 is 5.32. The van der Waals surface area contributed by atoms with Gasteiger partial charge in [-0.15, -0.1) is 0 Å². The summed E-state index contributed by atoms with van der Waals surface area (Å²) in [5, 5.41) is 0. The van der Waals surface area contributed by atoms with Gasteiger partial charge in [-0.2, -0.15) is 0 Å². The van der Waals surface area contributed by atoms with Crippen molar-refractivity contribution in [3.8, 4) is 5.75 Å². The monoisotopic (exact) mass is 288 g/mol. The Morgan fingerprint density at radius 1 is 1.22 bits per heavy atom. The molecule has 0 aliphatic rings. The maximum Gasteiger partial charge on any atom is 0.235 e. The Bertz CT molecular complexity index is 440. The minimum atomic E-state index is -2.27. The second-order valence-corrected chi connectivity index (χ2v) is 9.44. The van der Waals surface area contributed by atoms with Crippen molar-refractivity contribution in [2.75, 3.05) is 6.66 Å². The highest BCUT2D eigenvalue weighted by molar-refractivity contribution is 8.09. The van der Waals surface area contributed by atoms with E-state index in [4.69, 9.17) is 20.9 Å². The van der Waals surface area contributed by atoms with Gasteiger partial charge in [-0.3, -0.25) is 0 Å². The van der Waals surface area contributed by atoms with Crippen LogP contribution in [0.1, 0.15) is 40.4 Å². The third-order valence-electron chi connectivity index (χ3n) is 1.97. The van der Waals surface area contributed by atoms with Gasteiger partial charge in [0.2, 0.25) is 6.49 Å². The van der Waals surface area contributed by atoms with Gasteiger partial charge in [-0.25, -0.2) is 9.97 Å². The summed E-state index contributed by atoms with van der Waals surface area (Å²) in [6.07, 6.45) is 3.36. The van der Waals surface area contributed by atoms with E-state index in [1.807, 2.05) is 13.8 Å². The van der Waals surface area contributed by atoms with Crippen molar-refractivity contribution in [3.05, 3.63) is 18.2 Å². The molecule has 0 saturated heterocycles. The molecule has 18 heavy (non-hydrogen) atoms. The van der Waals surface area contributed by atoms with Crippen LogP contribution in [0.3, 0.4) is 0 Å². The van der Waals surface area contributed by atoms with Crippen molar-refractivity contribution in [1.82, 2.24) is 9.97 Å². The summed E-state index contributed by atoms with van der Waals surface area (Å²) in [5.41, 5.74) is -0.0701. The summed E-state index contributed by atoms with van der Waals surface area (Å²) in [6.45, 7) is 9.60. The van der Waals surface area contributed by atoms with Gasteiger partial charge in [0.05, 0.1) is 18.5 Å². The lowest BCUT2D eigenvalue weighted by Crippen LogP contribution is -2.15. The molecule has 0 N–H and O–H groups in total. The topological polar surface area (TPSA) is 44.2 Å². The Morgan fingerprint density at radius 2 is 1.72 bits per heavy atom. The van der Waals surface area contributed by atoms with E-state index in [0.29, 0.717) is 5.75 Å². The molecule has 0 aliphatic heterocycles. The summed E-state index contributed by atoms with van der Waals surface area (Å²) < 4.78 is 11.2. The Morgan fingerprint density at radius 3 is 2.11 bits per heavy atom. The van der Waals surface area contributed by atoms with Crippen LogP contribution in [-0.4, -0.2) is 22.7 Å². The van der Waals surface area contributed by atoms with E-state index in [0.717, 1.165) is 5.82 Å². The summed E-state index contributed by atoms with van der Waals surface area (Å²) in [6, 6.07) is 0. The molecule has 6 heteroatoms. The highest BCUT2D eigenvalue weighted by Gasteiger charge is 2.19. The van der Waals surface area contributed by atoms with Crippen LogP contribution in [0.2, 0.25) is 0 Å². The number of hydrogen-bond acceptors (Lipinski definition) is 5. The number of rotatable bonds is 4. The zero-order chi connectivity index (χ0) is 14.0. The molecule has 1 aromatic rings. The minimum Gasteiger partial charge on any atom is -0.440 e. The van der Waals surface area contributed by atoms with Crippen molar-refractivity contribution in [1.29, 1.82) is 0 Å². The highest BCUT2D eigenvalue weighted by atomic mass is 32.5. The predicted molar refractivity (Wildman–Crippen MR) is 77.8 cm³/mol. The van der Waals surface area contributed by atoms with Crippen LogP contribution in [0, 0.1) is 0 Å². The van der Waals surface area contributed by atoms with E-state index in [1.165, 1.54) is 0 Å². The lowest BCUT2D eigenvalue weighted by molar-refractivity contribution is 0.244. The number of hydrogen-bond donors (Lipinski definition) is 0. The van der Waals surface area contributed by atoms with Gasteiger partial charge in [0.15, 0.2) is 5.75 Å². The van der Waals surface area contributed by atoms with Crippen LogP contribution in [0.25, 0.3) is 0 Å². The van der Waals surface area contributed by atoms with Gasteiger partial charge in [0.1, 0.15) is 5.82 Å². The molecule has 0 saturated carbocycles. The quantitative estimate of drug-likeness (QED) is 0.793. The SMILES string of the molecule is CC(C)OP(C)(=S)Oc1cnc(C(C)(C)C)nc1. The molecule has 0 amide bonds. The first-order valence-electron chi connectivity index (χ1n) is 5.88. The van der Waals surface area contributed by atoms with E-state index in [1.54, 1.807) is 19.1 Å². The van der Waals surface area contributed by atoms with Crippen molar-refractivity contribution in [3.63, 3.8) is 0 Å².